The van der Waals surface area contributed by atoms with Crippen molar-refractivity contribution in [2.45, 2.75) is 44.1 Å². The Hall–Kier alpha value is -2.93. The molecule has 0 N–H and O–H groups in total. The number of hydrogen-bond donors (Lipinski definition) is 0. The van der Waals surface area contributed by atoms with Gasteiger partial charge in [0.15, 0.2) is 0 Å². The molecule has 3 heterocycles. The number of rotatable bonds is 7. The van der Waals surface area contributed by atoms with Crippen LogP contribution in [0.5, 0.6) is 0 Å². The van der Waals surface area contributed by atoms with Gasteiger partial charge in [-0.25, -0.2) is 9.18 Å². The summed E-state index contributed by atoms with van der Waals surface area (Å²) in [5.41, 5.74) is 1.69. The number of para-hydroxylation sites is 1. The molecule has 2 aromatic carbocycles. The lowest BCUT2D eigenvalue weighted by atomic mass is 9.82. The Balaban J connectivity index is 1.14. The van der Waals surface area contributed by atoms with E-state index in [4.69, 9.17) is 0 Å². The summed E-state index contributed by atoms with van der Waals surface area (Å²) in [5.74, 6) is -0.468. The molecule has 0 aromatic heterocycles. The minimum Gasteiger partial charge on any atom is -0.367 e. The van der Waals surface area contributed by atoms with E-state index in [9.17, 15) is 14.0 Å². The molecule has 3 saturated heterocycles. The summed E-state index contributed by atoms with van der Waals surface area (Å²) < 4.78 is 14.1. The van der Waals surface area contributed by atoms with E-state index in [1.165, 1.54) is 11.0 Å². The molecule has 0 radical (unpaired) electrons. The lowest BCUT2D eigenvalue weighted by Crippen LogP contribution is -2.62. The van der Waals surface area contributed by atoms with Gasteiger partial charge in [-0.1, -0.05) is 42.5 Å². The second kappa shape index (κ2) is 10.8. The van der Waals surface area contributed by atoms with Crippen LogP contribution in [0.3, 0.4) is 0 Å². The SMILES string of the molecule is O=C1[C@H](c2ccccc2)[C@H]2CCCCN2C(=O)N1CCCCN1CCN(c2ccccc2F)CC1. The van der Waals surface area contributed by atoms with Gasteiger partial charge in [0.25, 0.3) is 0 Å². The summed E-state index contributed by atoms with van der Waals surface area (Å²) in [7, 11) is 0. The molecule has 2 atom stereocenters. The largest absolute Gasteiger partial charge is 0.367 e. The minimum absolute atomic E-state index is 0.0202. The summed E-state index contributed by atoms with van der Waals surface area (Å²) in [5, 5.41) is 0. The summed E-state index contributed by atoms with van der Waals surface area (Å²) in [6.45, 7) is 5.53. The Kier molecular flexibility index (Phi) is 7.32. The zero-order valence-electron chi connectivity index (χ0n) is 20.3. The monoisotopic (exact) mass is 478 g/mol. The van der Waals surface area contributed by atoms with Crippen molar-refractivity contribution in [3.05, 3.63) is 66.0 Å². The number of imide groups is 1. The molecular formula is C28H35FN4O2. The van der Waals surface area contributed by atoms with Gasteiger partial charge in [0.2, 0.25) is 5.91 Å². The highest BCUT2D eigenvalue weighted by atomic mass is 19.1. The van der Waals surface area contributed by atoms with Crippen LogP contribution >= 0.6 is 0 Å². The number of unbranched alkanes of at least 4 members (excludes halogenated alkanes) is 1. The van der Waals surface area contributed by atoms with Crippen molar-refractivity contribution in [1.29, 1.82) is 0 Å². The van der Waals surface area contributed by atoms with E-state index >= 15 is 0 Å². The Bertz CT molecular complexity index is 1020. The molecule has 3 aliphatic heterocycles. The number of carbonyl (C=O) groups excluding carboxylic acids is 2. The van der Waals surface area contributed by atoms with E-state index in [0.29, 0.717) is 12.2 Å². The number of nitrogens with zero attached hydrogens (tertiary/aromatic N) is 4. The fraction of sp³-hybridized carbons (Fsp3) is 0.500. The standard InChI is InChI=1S/C28H35FN4O2/c29-23-12-4-5-13-24(23)31-20-18-30(19-21-31)15-8-9-17-33-27(34)26(22-10-2-1-3-11-22)25-14-6-7-16-32(25)28(33)35/h1-5,10-13,25-26H,6-9,14-21H2/t25-,26-/m1/s1. The smallest absolute Gasteiger partial charge is 0.326 e. The van der Waals surface area contributed by atoms with Crippen molar-refractivity contribution in [2.75, 3.05) is 50.7 Å². The van der Waals surface area contributed by atoms with Gasteiger partial charge in [0, 0.05) is 45.3 Å². The van der Waals surface area contributed by atoms with E-state index in [2.05, 4.69) is 9.80 Å². The summed E-state index contributed by atoms with van der Waals surface area (Å²) >= 11 is 0. The maximum absolute atomic E-state index is 14.1. The van der Waals surface area contributed by atoms with Crippen LogP contribution < -0.4 is 4.90 Å². The normalized spacial score (nSPS) is 23.5. The van der Waals surface area contributed by atoms with Crippen LogP contribution in [0, 0.1) is 5.82 Å². The number of piperazine rings is 1. The van der Waals surface area contributed by atoms with Crippen molar-refractivity contribution < 1.29 is 14.0 Å². The Labute approximate surface area is 207 Å². The molecule has 5 rings (SSSR count). The number of hydrogen-bond acceptors (Lipinski definition) is 4. The molecule has 3 fully saturated rings. The van der Waals surface area contributed by atoms with E-state index in [-0.39, 0.29) is 29.7 Å². The number of urea groups is 1. The average Bonchev–Trinajstić information content (AvgIpc) is 2.90. The fourth-order valence-electron chi connectivity index (χ4n) is 5.88. The maximum Gasteiger partial charge on any atom is 0.326 e. The topological polar surface area (TPSA) is 47.1 Å². The number of anilines is 1. The average molecular weight is 479 g/mol. The molecule has 186 valence electrons. The van der Waals surface area contributed by atoms with Crippen LogP contribution in [-0.2, 0) is 4.79 Å². The number of fused-ring (bicyclic) bond motifs is 1. The number of carbonyl (C=O) groups is 2. The van der Waals surface area contributed by atoms with E-state index in [1.54, 1.807) is 6.07 Å². The third-order valence-corrected chi connectivity index (χ3v) is 7.77. The number of benzene rings is 2. The van der Waals surface area contributed by atoms with E-state index in [0.717, 1.165) is 76.9 Å². The second-order valence-electron chi connectivity index (χ2n) is 9.90. The molecule has 0 bridgehead atoms. The maximum atomic E-state index is 14.1. The van der Waals surface area contributed by atoms with Gasteiger partial charge in [0.1, 0.15) is 5.82 Å². The van der Waals surface area contributed by atoms with Crippen molar-refractivity contribution >= 4 is 17.6 Å². The predicted octanol–water partition coefficient (Wildman–Crippen LogP) is 4.33. The first-order valence-electron chi connectivity index (χ1n) is 13.0. The van der Waals surface area contributed by atoms with E-state index < -0.39 is 0 Å². The van der Waals surface area contributed by atoms with Gasteiger partial charge in [-0.15, -0.1) is 0 Å². The highest BCUT2D eigenvalue weighted by molar-refractivity contribution is 6.01. The van der Waals surface area contributed by atoms with Gasteiger partial charge in [0.05, 0.1) is 11.6 Å². The second-order valence-corrected chi connectivity index (χ2v) is 9.90. The van der Waals surface area contributed by atoms with Gasteiger partial charge in [-0.2, -0.15) is 0 Å². The van der Waals surface area contributed by atoms with Crippen LogP contribution in [0.1, 0.15) is 43.6 Å². The quantitative estimate of drug-likeness (QED) is 0.556. The van der Waals surface area contributed by atoms with Crippen LogP contribution in [0.2, 0.25) is 0 Å². The molecule has 0 saturated carbocycles. The van der Waals surface area contributed by atoms with Crippen molar-refractivity contribution in [1.82, 2.24) is 14.7 Å². The third kappa shape index (κ3) is 5.06. The molecule has 3 amide bonds. The molecule has 0 aliphatic carbocycles. The highest BCUT2D eigenvalue weighted by Gasteiger charge is 2.47. The first-order valence-corrected chi connectivity index (χ1v) is 13.0. The van der Waals surface area contributed by atoms with Crippen LogP contribution in [0.15, 0.2) is 54.6 Å². The predicted molar refractivity (Wildman–Crippen MR) is 135 cm³/mol. The molecule has 0 spiro atoms. The molecule has 6 nitrogen and oxygen atoms in total. The summed E-state index contributed by atoms with van der Waals surface area (Å²) in [4.78, 5) is 34.7. The molecule has 7 heteroatoms. The Morgan fingerprint density at radius 1 is 0.800 bits per heavy atom. The molecule has 2 aromatic rings. The van der Waals surface area contributed by atoms with Crippen molar-refractivity contribution in [2.24, 2.45) is 0 Å². The zero-order valence-corrected chi connectivity index (χ0v) is 20.3. The van der Waals surface area contributed by atoms with Crippen molar-refractivity contribution in [3.63, 3.8) is 0 Å². The minimum atomic E-state index is -0.263. The van der Waals surface area contributed by atoms with Crippen LogP contribution in [0.4, 0.5) is 14.9 Å². The number of halogens is 1. The Morgan fingerprint density at radius 2 is 1.51 bits per heavy atom. The van der Waals surface area contributed by atoms with Crippen molar-refractivity contribution in [3.8, 4) is 0 Å². The van der Waals surface area contributed by atoms with Crippen LogP contribution in [-0.4, -0.2) is 78.5 Å². The third-order valence-electron chi connectivity index (χ3n) is 7.77. The number of piperidine rings is 1. The molecular weight excluding hydrogens is 443 g/mol. The first kappa shape index (κ1) is 23.8. The summed E-state index contributed by atoms with van der Waals surface area (Å²) in [6.07, 6.45) is 4.69. The number of amides is 3. The van der Waals surface area contributed by atoms with Gasteiger partial charge < -0.3 is 9.80 Å². The van der Waals surface area contributed by atoms with E-state index in [1.807, 2.05) is 47.4 Å². The molecule has 3 aliphatic rings. The lowest BCUT2D eigenvalue weighted by Gasteiger charge is -2.47. The summed E-state index contributed by atoms with van der Waals surface area (Å²) in [6, 6.07) is 16.8. The van der Waals surface area contributed by atoms with Gasteiger partial charge >= 0.3 is 6.03 Å². The Morgan fingerprint density at radius 3 is 2.29 bits per heavy atom. The lowest BCUT2D eigenvalue weighted by molar-refractivity contribution is -0.135. The molecule has 0 unspecified atom stereocenters. The molecule has 35 heavy (non-hydrogen) atoms. The zero-order chi connectivity index (χ0) is 24.2. The van der Waals surface area contributed by atoms with Crippen LogP contribution in [0.25, 0.3) is 0 Å². The van der Waals surface area contributed by atoms with Gasteiger partial charge in [-0.3, -0.25) is 14.6 Å². The fourth-order valence-corrected chi connectivity index (χ4v) is 5.88. The van der Waals surface area contributed by atoms with Gasteiger partial charge in [-0.05, 0) is 56.3 Å². The first-order chi connectivity index (χ1) is 17.1. The highest BCUT2D eigenvalue weighted by Crippen LogP contribution is 2.36.